The molecule has 0 unspecified atom stereocenters. The predicted molar refractivity (Wildman–Crippen MR) is 170 cm³/mol. The van der Waals surface area contributed by atoms with Crippen LogP contribution in [-0.4, -0.2) is 94.0 Å². The van der Waals surface area contributed by atoms with E-state index in [-0.39, 0.29) is 24.6 Å². The first-order chi connectivity index (χ1) is 22.0. The van der Waals surface area contributed by atoms with Gasteiger partial charge in [-0.25, -0.2) is 9.67 Å². The van der Waals surface area contributed by atoms with Gasteiger partial charge in [0.1, 0.15) is 5.60 Å². The first kappa shape index (κ1) is 30.8. The summed E-state index contributed by atoms with van der Waals surface area (Å²) in [5, 5.41) is 19.4. The number of nitrogens with zero attached hydrogens (tertiary/aromatic N) is 5. The number of carbonyl (C=O) groups is 1. The van der Waals surface area contributed by atoms with Crippen LogP contribution in [0.5, 0.6) is 11.5 Å². The summed E-state index contributed by atoms with van der Waals surface area (Å²) in [7, 11) is 3.23. The van der Waals surface area contributed by atoms with Crippen molar-refractivity contribution in [3.05, 3.63) is 79.0 Å². The second-order valence-corrected chi connectivity index (χ2v) is 11.8. The monoisotopic (exact) mass is 614 g/mol. The van der Waals surface area contributed by atoms with Gasteiger partial charge in [-0.2, -0.15) is 5.10 Å². The molecule has 1 aliphatic heterocycles. The summed E-state index contributed by atoms with van der Waals surface area (Å²) in [6.45, 7) is 2.54. The van der Waals surface area contributed by atoms with Crippen LogP contribution in [0.1, 0.15) is 48.6 Å². The Bertz CT molecular complexity index is 1550. The van der Waals surface area contributed by atoms with E-state index in [9.17, 15) is 9.90 Å². The molecule has 11 nitrogen and oxygen atoms in total. The molecule has 3 heterocycles. The van der Waals surface area contributed by atoms with Gasteiger partial charge in [-0.15, -0.1) is 0 Å². The van der Waals surface area contributed by atoms with E-state index < -0.39 is 5.60 Å². The Morgan fingerprint density at radius 3 is 2.76 bits per heavy atom. The van der Waals surface area contributed by atoms with Crippen molar-refractivity contribution in [3.8, 4) is 28.4 Å². The number of aromatic nitrogens is 4. The minimum atomic E-state index is -1.04. The first-order valence-corrected chi connectivity index (χ1v) is 15.7. The molecule has 45 heavy (non-hydrogen) atoms. The van der Waals surface area contributed by atoms with E-state index >= 15 is 0 Å². The Hall–Kier alpha value is -4.19. The molecular formula is C34H42N6O5. The molecule has 2 N–H and O–H groups in total. The second-order valence-electron chi connectivity index (χ2n) is 11.8. The summed E-state index contributed by atoms with van der Waals surface area (Å²) < 4.78 is 21.0. The molecule has 6 rings (SSSR count). The fourth-order valence-electron chi connectivity index (χ4n) is 6.72. The summed E-state index contributed by atoms with van der Waals surface area (Å²) in [5.74, 6) is 1.13. The van der Waals surface area contributed by atoms with Gasteiger partial charge in [0.15, 0.2) is 17.2 Å². The van der Waals surface area contributed by atoms with E-state index in [1.54, 1.807) is 31.4 Å². The highest BCUT2D eigenvalue weighted by molar-refractivity contribution is 5.98. The van der Waals surface area contributed by atoms with Crippen molar-refractivity contribution < 1.29 is 24.1 Å². The average Bonchev–Trinajstić information content (AvgIpc) is 3.77. The Morgan fingerprint density at radius 1 is 1.11 bits per heavy atom. The Morgan fingerprint density at radius 2 is 1.98 bits per heavy atom. The molecule has 2 aromatic heterocycles. The maximum absolute atomic E-state index is 14.3. The number of piperazine rings is 1. The zero-order valence-corrected chi connectivity index (χ0v) is 26.0. The molecule has 0 spiro atoms. The fraction of sp³-hybridized carbons (Fsp3) is 0.441. The summed E-state index contributed by atoms with van der Waals surface area (Å²) in [4.78, 5) is 21.0. The molecule has 11 heteroatoms. The Balaban J connectivity index is 1.23. The highest BCUT2D eigenvalue weighted by Crippen LogP contribution is 2.41. The summed E-state index contributed by atoms with van der Waals surface area (Å²) in [5.41, 5.74) is 1.86. The van der Waals surface area contributed by atoms with Gasteiger partial charge in [-0.1, -0.05) is 43.2 Å². The number of benzene rings is 2. The lowest BCUT2D eigenvalue weighted by Crippen LogP contribution is -2.54. The van der Waals surface area contributed by atoms with E-state index in [1.807, 2.05) is 70.3 Å². The van der Waals surface area contributed by atoms with E-state index in [4.69, 9.17) is 19.2 Å². The number of rotatable bonds is 11. The molecule has 4 aromatic rings. The van der Waals surface area contributed by atoms with Crippen LogP contribution in [0.25, 0.3) is 16.9 Å². The van der Waals surface area contributed by atoms with Crippen molar-refractivity contribution in [2.24, 2.45) is 0 Å². The number of hydrogen-bond acceptors (Lipinski definition) is 8. The smallest absolute Gasteiger partial charge is 0.275 e. The lowest BCUT2D eigenvalue weighted by atomic mass is 9.80. The molecule has 0 bridgehead atoms. The van der Waals surface area contributed by atoms with E-state index in [0.29, 0.717) is 56.3 Å². The van der Waals surface area contributed by atoms with Crippen LogP contribution in [0, 0.1) is 0 Å². The minimum Gasteiger partial charge on any atom is -0.493 e. The van der Waals surface area contributed by atoms with Crippen molar-refractivity contribution in [3.63, 3.8) is 0 Å². The highest BCUT2D eigenvalue weighted by atomic mass is 16.5. The molecule has 2 aromatic carbocycles. The third kappa shape index (κ3) is 6.47. The van der Waals surface area contributed by atoms with Crippen LogP contribution in [0.15, 0.2) is 73.3 Å². The van der Waals surface area contributed by atoms with Crippen molar-refractivity contribution in [1.82, 2.24) is 29.5 Å². The highest BCUT2D eigenvalue weighted by Gasteiger charge is 2.42. The lowest BCUT2D eigenvalue weighted by molar-refractivity contribution is -0.0893. The minimum absolute atomic E-state index is 0.0885. The fourth-order valence-corrected chi connectivity index (χ4v) is 6.72. The molecule has 0 radical (unpaired) electrons. The Labute approximate surface area is 263 Å². The number of methoxy groups -OCH3 is 2. The van der Waals surface area contributed by atoms with Gasteiger partial charge < -0.3 is 34.1 Å². The molecule has 1 saturated heterocycles. The SMILES string of the molecule is COC[C@]1(O)CCCC[C@H]1n1cnc(C(=O)N2CCNC[C@H]2CCOc2ccc(-n3cccn3)cc2OC)c1-c1ccccc1. The van der Waals surface area contributed by atoms with E-state index in [0.717, 1.165) is 36.2 Å². The standard InChI is InChI=1S/C34H42N6O5/c1-43-23-34(42)15-7-6-11-30(34)39-24-36-31(32(39)25-9-4-3-5-10-25)33(41)38-19-17-35-22-27(38)14-20-45-28-13-12-26(21-29(28)44-2)40-18-8-16-37-40/h3-5,8-10,12-13,16,18,21,24,27,30,35,42H,6-7,11,14-15,17,19-20,22-23H2,1-2H3/t27-,30-,34-/m1/s1. The van der Waals surface area contributed by atoms with Gasteiger partial charge in [0, 0.05) is 63.2 Å². The quantitative estimate of drug-likeness (QED) is 0.259. The summed E-state index contributed by atoms with van der Waals surface area (Å²) in [6.07, 6.45) is 9.30. The average molecular weight is 615 g/mol. The van der Waals surface area contributed by atoms with Crippen molar-refractivity contribution in [2.75, 3.05) is 47.1 Å². The van der Waals surface area contributed by atoms with Gasteiger partial charge in [0.2, 0.25) is 0 Å². The van der Waals surface area contributed by atoms with Crippen LogP contribution in [0.3, 0.4) is 0 Å². The van der Waals surface area contributed by atoms with Gasteiger partial charge in [-0.05, 0) is 31.0 Å². The largest absolute Gasteiger partial charge is 0.493 e. The second kappa shape index (κ2) is 13.8. The molecule has 1 aliphatic carbocycles. The molecule has 1 amide bonds. The molecule has 3 atom stereocenters. The van der Waals surface area contributed by atoms with Gasteiger partial charge in [-0.3, -0.25) is 4.79 Å². The van der Waals surface area contributed by atoms with E-state index in [2.05, 4.69) is 10.4 Å². The maximum Gasteiger partial charge on any atom is 0.275 e. The van der Waals surface area contributed by atoms with Crippen LogP contribution < -0.4 is 14.8 Å². The Kier molecular flexibility index (Phi) is 9.48. The van der Waals surface area contributed by atoms with Crippen molar-refractivity contribution in [2.45, 2.75) is 49.8 Å². The number of aliphatic hydroxyl groups is 1. The topological polar surface area (TPSA) is 116 Å². The van der Waals surface area contributed by atoms with Gasteiger partial charge in [0.25, 0.3) is 5.91 Å². The van der Waals surface area contributed by atoms with Crippen molar-refractivity contribution >= 4 is 5.91 Å². The number of amides is 1. The normalized spacial score (nSPS) is 21.9. The number of ether oxygens (including phenoxy) is 3. The lowest BCUT2D eigenvalue weighted by Gasteiger charge is -2.41. The number of carbonyl (C=O) groups excluding carboxylic acids is 1. The number of nitrogens with one attached hydrogen (secondary N) is 1. The first-order valence-electron chi connectivity index (χ1n) is 15.7. The maximum atomic E-state index is 14.3. The van der Waals surface area contributed by atoms with Crippen LogP contribution in [0.2, 0.25) is 0 Å². The van der Waals surface area contributed by atoms with Gasteiger partial charge >= 0.3 is 0 Å². The zero-order chi connectivity index (χ0) is 31.2. The molecule has 2 aliphatic rings. The summed E-state index contributed by atoms with van der Waals surface area (Å²) >= 11 is 0. The molecule has 2 fully saturated rings. The third-order valence-electron chi connectivity index (χ3n) is 8.97. The summed E-state index contributed by atoms with van der Waals surface area (Å²) in [6, 6.07) is 17.1. The van der Waals surface area contributed by atoms with E-state index in [1.165, 1.54) is 0 Å². The van der Waals surface area contributed by atoms with Crippen LogP contribution in [-0.2, 0) is 4.74 Å². The van der Waals surface area contributed by atoms with Crippen LogP contribution in [0.4, 0.5) is 0 Å². The molecular weight excluding hydrogens is 572 g/mol. The number of hydrogen-bond donors (Lipinski definition) is 2. The third-order valence-corrected chi connectivity index (χ3v) is 8.97. The molecule has 238 valence electrons. The molecule has 1 saturated carbocycles. The van der Waals surface area contributed by atoms with Crippen molar-refractivity contribution in [1.29, 1.82) is 0 Å². The zero-order valence-electron chi connectivity index (χ0n) is 26.0. The predicted octanol–water partition coefficient (Wildman–Crippen LogP) is 4.12. The van der Waals surface area contributed by atoms with Crippen LogP contribution >= 0.6 is 0 Å². The number of imidazole rings is 1. The van der Waals surface area contributed by atoms with Gasteiger partial charge in [0.05, 0.1) is 44.1 Å².